The van der Waals surface area contributed by atoms with E-state index in [2.05, 4.69) is 4.72 Å². The largest absolute Gasteiger partial charge is 0.478 e. The molecule has 3 aromatic carbocycles. The number of benzene rings is 3. The van der Waals surface area contributed by atoms with Gasteiger partial charge in [-0.2, -0.15) is 13.2 Å². The molecule has 1 atom stereocenters. The van der Waals surface area contributed by atoms with Crippen molar-refractivity contribution in [3.05, 3.63) is 94.6 Å². The number of fused-ring (bicyclic) bond motifs is 1. The van der Waals surface area contributed by atoms with E-state index < -0.39 is 38.7 Å². The van der Waals surface area contributed by atoms with Gasteiger partial charge in [-0.15, -0.1) is 0 Å². The molecule has 0 saturated carbocycles. The molecule has 182 valence electrons. The lowest BCUT2D eigenvalue weighted by molar-refractivity contribution is -0.139. The predicted octanol–water partition coefficient (Wildman–Crippen LogP) is 5.22. The Labute approximate surface area is 201 Å². The lowest BCUT2D eigenvalue weighted by Crippen LogP contribution is -2.36. The van der Waals surface area contributed by atoms with Crippen molar-refractivity contribution in [2.24, 2.45) is 0 Å². The van der Waals surface area contributed by atoms with Crippen molar-refractivity contribution >= 4 is 22.1 Å². The number of nitrogens with one attached hydrogen (secondary N) is 1. The van der Waals surface area contributed by atoms with Crippen molar-refractivity contribution in [2.45, 2.75) is 36.9 Å². The smallest absolute Gasteiger partial charge is 0.417 e. The average Bonchev–Trinajstić information content (AvgIpc) is 3.17. The summed E-state index contributed by atoms with van der Waals surface area (Å²) < 4.78 is 70.4. The van der Waals surface area contributed by atoms with Gasteiger partial charge in [0.25, 0.3) is 0 Å². The highest BCUT2D eigenvalue weighted by atomic mass is 32.2. The van der Waals surface area contributed by atoms with Crippen LogP contribution >= 0.6 is 0 Å². The first-order chi connectivity index (χ1) is 16.4. The standard InChI is InChI=1S/C26H22F3NO4S/c1-16-4-2-3-5-22(16)19-9-10-24(23(15-19)26(27,28)29)35(33,34)30-21-13-18-8-6-17(7-11-25(31)32)12-20(18)14-21/h2-12,15,21,30H,13-14H2,1H3,(H,31,32)/b11-7+. The Morgan fingerprint density at radius 2 is 1.74 bits per heavy atom. The van der Waals surface area contributed by atoms with Crippen LogP contribution in [-0.2, 0) is 33.8 Å². The van der Waals surface area contributed by atoms with Gasteiger partial charge in [-0.05, 0) is 71.4 Å². The van der Waals surface area contributed by atoms with Crippen molar-refractivity contribution in [3.8, 4) is 11.1 Å². The second-order valence-corrected chi connectivity index (χ2v) is 10.1. The molecule has 0 spiro atoms. The first-order valence-corrected chi connectivity index (χ1v) is 12.2. The number of carbonyl (C=O) groups is 1. The molecule has 0 radical (unpaired) electrons. The molecule has 1 unspecified atom stereocenters. The average molecular weight is 502 g/mol. The molecule has 5 nitrogen and oxygen atoms in total. The summed E-state index contributed by atoms with van der Waals surface area (Å²) in [5, 5.41) is 8.78. The lowest BCUT2D eigenvalue weighted by atomic mass is 9.99. The predicted molar refractivity (Wildman–Crippen MR) is 126 cm³/mol. The van der Waals surface area contributed by atoms with Gasteiger partial charge in [0, 0.05) is 12.1 Å². The Balaban J connectivity index is 1.62. The van der Waals surface area contributed by atoms with Gasteiger partial charge in [0.1, 0.15) is 0 Å². The van der Waals surface area contributed by atoms with Crippen LogP contribution in [0.25, 0.3) is 17.2 Å². The molecule has 4 rings (SSSR count). The first kappa shape index (κ1) is 24.7. The highest BCUT2D eigenvalue weighted by molar-refractivity contribution is 7.89. The van der Waals surface area contributed by atoms with Crippen LogP contribution in [0.3, 0.4) is 0 Å². The topological polar surface area (TPSA) is 83.5 Å². The molecule has 1 aliphatic rings. The third kappa shape index (κ3) is 5.47. The molecule has 0 aromatic heterocycles. The summed E-state index contributed by atoms with van der Waals surface area (Å²) in [6.45, 7) is 1.77. The van der Waals surface area contributed by atoms with E-state index in [4.69, 9.17) is 5.11 Å². The number of aliphatic carboxylic acids is 1. The second-order valence-electron chi connectivity index (χ2n) is 8.45. The minimum atomic E-state index is -4.87. The third-order valence-electron chi connectivity index (χ3n) is 5.93. The molecular weight excluding hydrogens is 479 g/mol. The maximum atomic E-state index is 13.9. The molecule has 0 heterocycles. The van der Waals surface area contributed by atoms with Gasteiger partial charge >= 0.3 is 12.1 Å². The van der Waals surface area contributed by atoms with Crippen molar-refractivity contribution in [3.63, 3.8) is 0 Å². The molecule has 9 heteroatoms. The summed E-state index contributed by atoms with van der Waals surface area (Å²) in [6.07, 6.45) is -1.85. The molecule has 35 heavy (non-hydrogen) atoms. The first-order valence-electron chi connectivity index (χ1n) is 10.8. The summed E-state index contributed by atoms with van der Waals surface area (Å²) in [4.78, 5) is 9.91. The number of hydrogen-bond donors (Lipinski definition) is 2. The van der Waals surface area contributed by atoms with Crippen LogP contribution in [0.4, 0.5) is 13.2 Å². The summed E-state index contributed by atoms with van der Waals surface area (Å²) in [5.41, 5.74) is 2.74. The van der Waals surface area contributed by atoms with E-state index in [0.29, 0.717) is 17.5 Å². The Morgan fingerprint density at radius 3 is 2.43 bits per heavy atom. The molecule has 2 N–H and O–H groups in total. The zero-order valence-electron chi connectivity index (χ0n) is 18.6. The Morgan fingerprint density at radius 1 is 1.03 bits per heavy atom. The number of carboxylic acids is 1. The van der Waals surface area contributed by atoms with E-state index in [1.165, 1.54) is 12.1 Å². The molecule has 3 aromatic rings. The van der Waals surface area contributed by atoms with Gasteiger partial charge in [-0.25, -0.2) is 17.9 Å². The number of sulfonamides is 1. The fourth-order valence-electron chi connectivity index (χ4n) is 4.33. The fraction of sp³-hybridized carbons (Fsp3) is 0.192. The Kier molecular flexibility index (Phi) is 6.57. The van der Waals surface area contributed by atoms with Crippen LogP contribution in [0, 0.1) is 6.92 Å². The van der Waals surface area contributed by atoms with Gasteiger partial charge < -0.3 is 5.11 Å². The summed E-state index contributed by atoms with van der Waals surface area (Å²) >= 11 is 0. The third-order valence-corrected chi connectivity index (χ3v) is 7.51. The minimum absolute atomic E-state index is 0.282. The van der Waals surface area contributed by atoms with Crippen LogP contribution in [0.2, 0.25) is 0 Å². The van der Waals surface area contributed by atoms with Crippen molar-refractivity contribution in [1.82, 2.24) is 4.72 Å². The molecule has 1 aliphatic carbocycles. The molecule has 0 bridgehead atoms. The van der Waals surface area contributed by atoms with Gasteiger partial charge in [-0.1, -0.05) is 48.5 Å². The monoisotopic (exact) mass is 501 g/mol. The molecule has 0 saturated heterocycles. The van der Waals surface area contributed by atoms with E-state index in [1.54, 1.807) is 49.4 Å². The van der Waals surface area contributed by atoms with Gasteiger partial charge in [0.15, 0.2) is 0 Å². The van der Waals surface area contributed by atoms with Gasteiger partial charge in [0.05, 0.1) is 10.5 Å². The number of hydrogen-bond acceptors (Lipinski definition) is 3. The van der Waals surface area contributed by atoms with E-state index >= 15 is 0 Å². The van der Waals surface area contributed by atoms with E-state index in [0.717, 1.165) is 34.9 Å². The molecular formula is C26H22F3NO4S. The van der Waals surface area contributed by atoms with Crippen LogP contribution in [0.5, 0.6) is 0 Å². The minimum Gasteiger partial charge on any atom is -0.478 e. The van der Waals surface area contributed by atoms with E-state index in [-0.39, 0.29) is 12.0 Å². The van der Waals surface area contributed by atoms with Crippen LogP contribution in [0.15, 0.2) is 71.6 Å². The van der Waals surface area contributed by atoms with Crippen molar-refractivity contribution < 1.29 is 31.5 Å². The van der Waals surface area contributed by atoms with Gasteiger partial charge in [-0.3, -0.25) is 0 Å². The highest BCUT2D eigenvalue weighted by Gasteiger charge is 2.38. The normalized spacial score (nSPS) is 15.9. The lowest BCUT2D eigenvalue weighted by Gasteiger charge is -2.18. The maximum Gasteiger partial charge on any atom is 0.417 e. The van der Waals surface area contributed by atoms with E-state index in [1.807, 2.05) is 0 Å². The quantitative estimate of drug-likeness (QED) is 0.454. The zero-order chi connectivity index (χ0) is 25.4. The van der Waals surface area contributed by atoms with Crippen LogP contribution < -0.4 is 4.72 Å². The molecule has 0 fully saturated rings. The number of rotatable bonds is 6. The summed E-state index contributed by atoms with van der Waals surface area (Å²) in [7, 11) is -4.48. The number of carboxylic acid groups (broad SMARTS) is 1. The summed E-state index contributed by atoms with van der Waals surface area (Å²) in [6, 6.07) is 14.8. The SMILES string of the molecule is Cc1ccccc1-c1ccc(S(=O)(=O)NC2Cc3ccc(/C=C/C(=O)O)cc3C2)c(C(F)(F)F)c1. The number of aryl methyl sites for hydroxylation is 1. The van der Waals surface area contributed by atoms with Crippen LogP contribution in [-0.4, -0.2) is 25.5 Å². The zero-order valence-corrected chi connectivity index (χ0v) is 19.5. The maximum absolute atomic E-state index is 13.9. The molecule has 0 amide bonds. The Bertz CT molecular complexity index is 1430. The number of halogens is 3. The second kappa shape index (κ2) is 9.31. The van der Waals surface area contributed by atoms with Crippen molar-refractivity contribution in [1.29, 1.82) is 0 Å². The highest BCUT2D eigenvalue weighted by Crippen LogP contribution is 2.38. The molecule has 0 aliphatic heterocycles. The van der Waals surface area contributed by atoms with E-state index in [9.17, 15) is 26.4 Å². The summed E-state index contributed by atoms with van der Waals surface area (Å²) in [5.74, 6) is -1.09. The van der Waals surface area contributed by atoms with Crippen LogP contribution in [0.1, 0.15) is 27.8 Å². The Hall–Kier alpha value is -3.43. The number of alkyl halides is 3. The van der Waals surface area contributed by atoms with Crippen molar-refractivity contribution in [2.75, 3.05) is 0 Å². The fourth-order valence-corrected chi connectivity index (χ4v) is 5.77. The van der Waals surface area contributed by atoms with Gasteiger partial charge in [0.2, 0.25) is 10.0 Å².